The van der Waals surface area contributed by atoms with Crippen molar-refractivity contribution in [1.82, 2.24) is 0 Å². The summed E-state index contributed by atoms with van der Waals surface area (Å²) in [5, 5.41) is 0.783. The summed E-state index contributed by atoms with van der Waals surface area (Å²) >= 11 is 3.35. The van der Waals surface area contributed by atoms with Gasteiger partial charge in [-0.3, -0.25) is 0 Å². The van der Waals surface area contributed by atoms with Crippen LogP contribution in [0.5, 0.6) is 0 Å². The molecule has 4 nitrogen and oxygen atoms in total. The largest absolute Gasteiger partial charge is 0.455 e. The number of carbonyl (C=O) groups excluding carboxylic acids is 1. The number of anilines is 1. The van der Waals surface area contributed by atoms with Crippen molar-refractivity contribution in [3.63, 3.8) is 0 Å². The molecule has 0 fully saturated rings. The number of carbonyl (C=O) groups is 1. The topological polar surface area (TPSA) is 65.5 Å². The molecule has 5 heteroatoms. The van der Waals surface area contributed by atoms with Crippen molar-refractivity contribution in [1.29, 1.82) is 0 Å². The van der Waals surface area contributed by atoms with Gasteiger partial charge in [-0.1, -0.05) is 28.1 Å². The zero-order valence-electron chi connectivity index (χ0n) is 11.0. The Morgan fingerprint density at radius 3 is 2.67 bits per heavy atom. The molecule has 0 saturated heterocycles. The number of ether oxygens (including phenoxy) is 1. The molecule has 0 amide bonds. The molecular weight excluding hydrogens is 334 g/mol. The van der Waals surface area contributed by atoms with Crippen molar-refractivity contribution in [3.8, 4) is 0 Å². The maximum Gasteiger partial charge on any atom is 0.374 e. The van der Waals surface area contributed by atoms with Crippen LogP contribution in [0, 0.1) is 0 Å². The second-order valence-corrected chi connectivity index (χ2v) is 5.53. The van der Waals surface area contributed by atoms with E-state index in [1.165, 1.54) is 0 Å². The Bertz CT molecular complexity index is 793. The Kier molecular flexibility index (Phi) is 3.66. The van der Waals surface area contributed by atoms with Crippen LogP contribution in [0.4, 0.5) is 5.69 Å². The lowest BCUT2D eigenvalue weighted by Crippen LogP contribution is -2.03. The van der Waals surface area contributed by atoms with E-state index in [0.29, 0.717) is 11.3 Å². The summed E-state index contributed by atoms with van der Waals surface area (Å²) in [6.07, 6.45) is 0. The third-order valence-corrected chi connectivity index (χ3v) is 3.55. The molecule has 1 heterocycles. The molecule has 2 N–H and O–H groups in total. The molecule has 106 valence electrons. The first-order chi connectivity index (χ1) is 10.1. The van der Waals surface area contributed by atoms with E-state index in [4.69, 9.17) is 14.9 Å². The third-order valence-electron chi connectivity index (χ3n) is 3.02. The second-order valence-electron chi connectivity index (χ2n) is 4.61. The van der Waals surface area contributed by atoms with Crippen molar-refractivity contribution in [2.24, 2.45) is 0 Å². The average molecular weight is 346 g/mol. The number of hydrogen-bond donors (Lipinski definition) is 1. The van der Waals surface area contributed by atoms with Gasteiger partial charge in [-0.05, 0) is 42.0 Å². The first-order valence-electron chi connectivity index (χ1n) is 6.32. The summed E-state index contributed by atoms with van der Waals surface area (Å²) in [7, 11) is 0. The molecule has 0 atom stereocenters. The zero-order chi connectivity index (χ0) is 14.8. The summed E-state index contributed by atoms with van der Waals surface area (Å²) in [5.74, 6) is -0.319. The van der Waals surface area contributed by atoms with Crippen LogP contribution < -0.4 is 5.73 Å². The van der Waals surface area contributed by atoms with Gasteiger partial charge in [0.2, 0.25) is 5.76 Å². The van der Waals surface area contributed by atoms with Crippen LogP contribution >= 0.6 is 15.9 Å². The van der Waals surface area contributed by atoms with Gasteiger partial charge in [0.05, 0.1) is 0 Å². The molecule has 0 unspecified atom stereocenters. The molecule has 0 aliphatic rings. The minimum Gasteiger partial charge on any atom is -0.455 e. The predicted octanol–water partition coefficient (Wildman–Crippen LogP) is 4.13. The van der Waals surface area contributed by atoms with Gasteiger partial charge in [0.15, 0.2) is 0 Å². The number of benzene rings is 2. The summed E-state index contributed by atoms with van der Waals surface area (Å²) < 4.78 is 11.7. The van der Waals surface area contributed by atoms with E-state index in [2.05, 4.69) is 15.9 Å². The molecule has 0 aliphatic carbocycles. The van der Waals surface area contributed by atoms with Crippen LogP contribution in [0.2, 0.25) is 0 Å². The van der Waals surface area contributed by atoms with Crippen molar-refractivity contribution in [2.75, 3.05) is 5.73 Å². The van der Waals surface area contributed by atoms with Crippen molar-refractivity contribution < 1.29 is 13.9 Å². The van der Waals surface area contributed by atoms with Crippen molar-refractivity contribution in [3.05, 3.63) is 64.3 Å². The molecule has 0 saturated carbocycles. The fourth-order valence-corrected chi connectivity index (χ4v) is 2.23. The van der Waals surface area contributed by atoms with Gasteiger partial charge < -0.3 is 14.9 Å². The summed E-state index contributed by atoms with van der Waals surface area (Å²) in [4.78, 5) is 12.0. The van der Waals surface area contributed by atoms with E-state index >= 15 is 0 Å². The van der Waals surface area contributed by atoms with E-state index < -0.39 is 5.97 Å². The van der Waals surface area contributed by atoms with Gasteiger partial charge >= 0.3 is 5.97 Å². The molecule has 0 radical (unpaired) electrons. The minimum absolute atomic E-state index is 0.174. The summed E-state index contributed by atoms with van der Waals surface area (Å²) in [6.45, 7) is 0.200. The van der Waals surface area contributed by atoms with Crippen LogP contribution in [-0.2, 0) is 11.3 Å². The lowest BCUT2D eigenvalue weighted by Gasteiger charge is -2.02. The van der Waals surface area contributed by atoms with Gasteiger partial charge in [0.25, 0.3) is 0 Å². The van der Waals surface area contributed by atoms with Crippen LogP contribution in [0.25, 0.3) is 11.0 Å². The first-order valence-corrected chi connectivity index (χ1v) is 7.12. The number of halogens is 1. The summed E-state index contributed by atoms with van der Waals surface area (Å²) in [6, 6.07) is 14.4. The Balaban J connectivity index is 1.73. The van der Waals surface area contributed by atoms with E-state index in [9.17, 15) is 4.79 Å². The molecule has 3 aromatic rings. The number of nitrogens with two attached hydrogens (primary N) is 1. The SMILES string of the molecule is Nc1ccc2oc(C(=O)OCc3ccc(Br)cc3)cc2c1. The van der Waals surface area contributed by atoms with E-state index in [1.54, 1.807) is 24.3 Å². The maximum absolute atomic E-state index is 12.0. The molecule has 0 bridgehead atoms. The van der Waals surface area contributed by atoms with Crippen LogP contribution in [-0.4, -0.2) is 5.97 Å². The Labute approximate surface area is 129 Å². The molecule has 21 heavy (non-hydrogen) atoms. The molecule has 0 spiro atoms. The van der Waals surface area contributed by atoms with Gasteiger partial charge in [-0.25, -0.2) is 4.79 Å². The zero-order valence-corrected chi connectivity index (χ0v) is 12.6. The van der Waals surface area contributed by atoms with E-state index in [0.717, 1.165) is 15.4 Å². The maximum atomic E-state index is 12.0. The number of hydrogen-bond acceptors (Lipinski definition) is 4. The van der Waals surface area contributed by atoms with Crippen LogP contribution in [0.15, 0.2) is 57.4 Å². The number of rotatable bonds is 3. The Morgan fingerprint density at radius 1 is 1.14 bits per heavy atom. The molecule has 3 rings (SSSR count). The number of furan rings is 1. The standard InChI is InChI=1S/C16H12BrNO3/c17-12-3-1-10(2-4-12)9-20-16(19)15-8-11-7-13(18)5-6-14(11)21-15/h1-8H,9,18H2. The highest BCUT2D eigenvalue weighted by Crippen LogP contribution is 2.22. The molecular formula is C16H12BrNO3. The second kappa shape index (κ2) is 5.61. The Morgan fingerprint density at radius 2 is 1.90 bits per heavy atom. The lowest BCUT2D eigenvalue weighted by molar-refractivity contribution is 0.0439. The third kappa shape index (κ3) is 3.08. The van der Waals surface area contributed by atoms with Gasteiger partial charge in [0.1, 0.15) is 12.2 Å². The van der Waals surface area contributed by atoms with Crippen LogP contribution in [0.3, 0.4) is 0 Å². The lowest BCUT2D eigenvalue weighted by atomic mass is 10.2. The minimum atomic E-state index is -0.493. The molecule has 1 aromatic heterocycles. The quantitative estimate of drug-likeness (QED) is 0.572. The number of nitrogen functional groups attached to an aromatic ring is 1. The highest BCUT2D eigenvalue weighted by molar-refractivity contribution is 9.10. The predicted molar refractivity (Wildman–Crippen MR) is 83.9 cm³/mol. The van der Waals surface area contributed by atoms with Gasteiger partial charge in [-0.2, -0.15) is 0 Å². The highest BCUT2D eigenvalue weighted by atomic mass is 79.9. The normalized spacial score (nSPS) is 10.7. The molecule has 0 aliphatic heterocycles. The smallest absolute Gasteiger partial charge is 0.374 e. The fraction of sp³-hybridized carbons (Fsp3) is 0.0625. The number of esters is 1. The molecule has 2 aromatic carbocycles. The van der Waals surface area contributed by atoms with Gasteiger partial charge in [-0.15, -0.1) is 0 Å². The van der Waals surface area contributed by atoms with Crippen molar-refractivity contribution >= 4 is 38.6 Å². The summed E-state index contributed by atoms with van der Waals surface area (Å²) in [5.41, 5.74) is 7.84. The number of fused-ring (bicyclic) bond motifs is 1. The fourth-order valence-electron chi connectivity index (χ4n) is 1.96. The van der Waals surface area contributed by atoms with Crippen LogP contribution in [0.1, 0.15) is 16.1 Å². The highest BCUT2D eigenvalue weighted by Gasteiger charge is 2.14. The average Bonchev–Trinajstić information content (AvgIpc) is 2.89. The Hall–Kier alpha value is -2.27. The van der Waals surface area contributed by atoms with Crippen molar-refractivity contribution in [2.45, 2.75) is 6.61 Å². The van der Waals surface area contributed by atoms with E-state index in [1.807, 2.05) is 24.3 Å². The monoisotopic (exact) mass is 345 g/mol. The van der Waals surface area contributed by atoms with E-state index in [-0.39, 0.29) is 12.4 Å². The van der Waals surface area contributed by atoms with Gasteiger partial charge in [0, 0.05) is 15.5 Å². The first kappa shape index (κ1) is 13.7.